The van der Waals surface area contributed by atoms with Gasteiger partial charge < -0.3 is 9.47 Å². The van der Waals surface area contributed by atoms with Crippen LogP contribution in [0.4, 0.5) is 0 Å². The molecule has 0 radical (unpaired) electrons. The topological polar surface area (TPSA) is 52.6 Å². The molecule has 0 aliphatic carbocycles. The molecular weight excluding hydrogens is 316 g/mol. The van der Waals surface area contributed by atoms with Gasteiger partial charge in [-0.2, -0.15) is 0 Å². The summed E-state index contributed by atoms with van der Waals surface area (Å²) in [6.45, 7) is 0.148. The third kappa shape index (κ3) is 5.89. The van der Waals surface area contributed by atoms with E-state index in [2.05, 4.69) is 11.8 Å². The van der Waals surface area contributed by atoms with Crippen LogP contribution in [0.1, 0.15) is 28.7 Å². The Hall–Kier alpha value is -3.50. The second-order valence-electron chi connectivity index (χ2n) is 5.18. The molecule has 4 nitrogen and oxygen atoms in total. The molecule has 0 atom stereocenters. The Morgan fingerprint density at radius 1 is 0.720 bits per heavy atom. The maximum absolute atomic E-state index is 11.7. The molecule has 0 bridgehead atoms. The van der Waals surface area contributed by atoms with Crippen molar-refractivity contribution < 1.29 is 19.1 Å². The number of hydrogen-bond acceptors (Lipinski definition) is 4. The molecule has 0 N–H and O–H groups in total. The maximum atomic E-state index is 11.7. The van der Waals surface area contributed by atoms with E-state index in [1.807, 2.05) is 0 Å². The van der Waals surface area contributed by atoms with E-state index in [1.54, 1.807) is 48.5 Å². The van der Waals surface area contributed by atoms with E-state index in [0.717, 1.165) is 22.3 Å². The lowest BCUT2D eigenvalue weighted by Crippen LogP contribution is -2.13. The summed E-state index contributed by atoms with van der Waals surface area (Å²) in [4.78, 5) is 23.3. The van der Waals surface area contributed by atoms with E-state index >= 15 is 0 Å². The Morgan fingerprint density at radius 3 is 1.40 bits per heavy atom. The molecule has 0 fully saturated rings. The molecule has 0 unspecified atom stereocenters. The normalized spacial score (nSPS) is 9.52. The molecule has 4 heteroatoms. The van der Waals surface area contributed by atoms with Crippen molar-refractivity contribution in [2.75, 3.05) is 0 Å². The number of benzene rings is 2. The number of ether oxygens (including phenoxy) is 2. The van der Waals surface area contributed by atoms with Crippen molar-refractivity contribution in [1.82, 2.24) is 0 Å². The summed E-state index contributed by atoms with van der Waals surface area (Å²) in [7, 11) is 0. The summed E-state index contributed by atoms with van der Waals surface area (Å²) >= 11 is 0. The van der Waals surface area contributed by atoms with Gasteiger partial charge in [0.25, 0.3) is 0 Å². The second kappa shape index (κ2) is 8.96. The molecule has 25 heavy (non-hydrogen) atoms. The summed E-state index contributed by atoms with van der Waals surface area (Å²) in [6, 6.07) is 14.1. The fourth-order valence-electron chi connectivity index (χ4n) is 1.94. The smallest absolute Gasteiger partial charge is 0.317 e. The predicted octanol–water partition coefficient (Wildman–Crippen LogP) is 2.83. The first-order valence-electron chi connectivity index (χ1n) is 7.53. The van der Waals surface area contributed by atoms with E-state index in [9.17, 15) is 9.59 Å². The van der Waals surface area contributed by atoms with Gasteiger partial charge in [-0.1, -0.05) is 36.1 Å². The lowest BCUT2D eigenvalue weighted by Gasteiger charge is -2.06. The van der Waals surface area contributed by atoms with Crippen LogP contribution in [0.3, 0.4) is 0 Å². The number of carbonyl (C=O) groups is 2. The van der Waals surface area contributed by atoms with Gasteiger partial charge in [-0.3, -0.25) is 9.59 Å². The van der Waals surface area contributed by atoms with Gasteiger partial charge in [0.1, 0.15) is 19.6 Å². The van der Waals surface area contributed by atoms with Gasteiger partial charge >= 0.3 is 11.9 Å². The quantitative estimate of drug-likeness (QED) is 0.464. The average Bonchev–Trinajstić information content (AvgIpc) is 2.65. The van der Waals surface area contributed by atoms with Crippen LogP contribution < -0.4 is 0 Å². The van der Waals surface area contributed by atoms with Crippen LogP contribution in [0.25, 0.3) is 0 Å². The SMILES string of the molecule is C#Cc1ccc(COC(=O)CC(=O)OCc2ccc(C#C)cc2)cc1. The standard InChI is InChI=1S/C21H16O4/c1-3-16-5-9-18(10-6-16)14-24-20(22)13-21(23)25-15-19-11-7-17(4-2)8-12-19/h1-2,5-12H,13-15H2. The highest BCUT2D eigenvalue weighted by atomic mass is 16.6. The molecule has 0 saturated heterocycles. The molecule has 0 aromatic heterocycles. The van der Waals surface area contributed by atoms with Gasteiger partial charge in [0.15, 0.2) is 0 Å². The van der Waals surface area contributed by atoms with Gasteiger partial charge in [0.2, 0.25) is 0 Å². The van der Waals surface area contributed by atoms with Crippen molar-refractivity contribution in [2.45, 2.75) is 19.6 Å². The highest BCUT2D eigenvalue weighted by molar-refractivity contribution is 5.91. The van der Waals surface area contributed by atoms with Crippen molar-refractivity contribution in [3.05, 3.63) is 70.8 Å². The molecule has 0 heterocycles. The lowest BCUT2D eigenvalue weighted by atomic mass is 10.1. The van der Waals surface area contributed by atoms with Crippen LogP contribution in [0, 0.1) is 24.7 Å². The van der Waals surface area contributed by atoms with E-state index in [4.69, 9.17) is 22.3 Å². The Bertz CT molecular complexity index is 747. The van der Waals surface area contributed by atoms with Crippen molar-refractivity contribution in [2.24, 2.45) is 0 Å². The molecule has 0 saturated carbocycles. The van der Waals surface area contributed by atoms with Gasteiger partial charge in [0.05, 0.1) is 0 Å². The summed E-state index contributed by atoms with van der Waals surface area (Å²) in [5.41, 5.74) is 3.06. The number of esters is 2. The lowest BCUT2D eigenvalue weighted by molar-refractivity contribution is -0.156. The molecular formula is C21H16O4. The zero-order valence-electron chi connectivity index (χ0n) is 13.5. The van der Waals surface area contributed by atoms with E-state index in [1.165, 1.54) is 0 Å². The van der Waals surface area contributed by atoms with Crippen molar-refractivity contribution in [3.63, 3.8) is 0 Å². The largest absolute Gasteiger partial charge is 0.460 e. The monoisotopic (exact) mass is 332 g/mol. The number of hydrogen-bond donors (Lipinski definition) is 0. The van der Waals surface area contributed by atoms with Crippen molar-refractivity contribution in [1.29, 1.82) is 0 Å². The Balaban J connectivity index is 1.72. The minimum Gasteiger partial charge on any atom is -0.460 e. The third-order valence-electron chi connectivity index (χ3n) is 3.33. The molecule has 0 aliphatic heterocycles. The fourth-order valence-corrected chi connectivity index (χ4v) is 1.94. The minimum atomic E-state index is -0.645. The average molecular weight is 332 g/mol. The number of rotatable bonds is 6. The molecule has 2 aromatic carbocycles. The first-order valence-corrected chi connectivity index (χ1v) is 7.53. The van der Waals surface area contributed by atoms with Crippen LogP contribution in [0.2, 0.25) is 0 Å². The second-order valence-corrected chi connectivity index (χ2v) is 5.18. The van der Waals surface area contributed by atoms with Gasteiger partial charge in [-0.05, 0) is 35.4 Å². The molecule has 0 amide bonds. The summed E-state index contributed by atoms with van der Waals surface area (Å²) in [5, 5.41) is 0. The highest BCUT2D eigenvalue weighted by Gasteiger charge is 2.12. The van der Waals surface area contributed by atoms with Crippen LogP contribution in [-0.4, -0.2) is 11.9 Å². The summed E-state index contributed by atoms with van der Waals surface area (Å²) in [6.07, 6.45) is 10.1. The summed E-state index contributed by atoms with van der Waals surface area (Å²) in [5.74, 6) is 3.71. The molecule has 0 aliphatic rings. The molecule has 2 aromatic rings. The number of terminal acetylenes is 2. The van der Waals surface area contributed by atoms with Crippen LogP contribution >= 0.6 is 0 Å². The van der Waals surface area contributed by atoms with E-state index in [-0.39, 0.29) is 13.2 Å². The van der Waals surface area contributed by atoms with E-state index < -0.39 is 18.4 Å². The Morgan fingerprint density at radius 2 is 1.08 bits per heavy atom. The first-order chi connectivity index (χ1) is 12.1. The Kier molecular flexibility index (Phi) is 6.39. The zero-order valence-corrected chi connectivity index (χ0v) is 13.5. The summed E-state index contributed by atoms with van der Waals surface area (Å²) < 4.78 is 10.1. The maximum Gasteiger partial charge on any atom is 0.317 e. The molecule has 124 valence electrons. The van der Waals surface area contributed by atoms with Gasteiger partial charge in [-0.25, -0.2) is 0 Å². The third-order valence-corrected chi connectivity index (χ3v) is 3.33. The van der Waals surface area contributed by atoms with Crippen molar-refractivity contribution in [3.8, 4) is 24.7 Å². The fraction of sp³-hybridized carbons (Fsp3) is 0.143. The van der Waals surface area contributed by atoms with Crippen molar-refractivity contribution >= 4 is 11.9 Å². The van der Waals surface area contributed by atoms with Crippen LogP contribution in [0.15, 0.2) is 48.5 Å². The van der Waals surface area contributed by atoms with Crippen LogP contribution in [-0.2, 0) is 32.3 Å². The van der Waals surface area contributed by atoms with Gasteiger partial charge in [0, 0.05) is 11.1 Å². The highest BCUT2D eigenvalue weighted by Crippen LogP contribution is 2.07. The molecule has 2 rings (SSSR count). The Labute approximate surface area is 146 Å². The van der Waals surface area contributed by atoms with Gasteiger partial charge in [-0.15, -0.1) is 12.8 Å². The molecule has 0 spiro atoms. The predicted molar refractivity (Wildman–Crippen MR) is 93.0 cm³/mol. The first kappa shape index (κ1) is 17.8. The number of carbonyl (C=O) groups excluding carboxylic acids is 2. The minimum absolute atomic E-state index is 0.0739. The van der Waals surface area contributed by atoms with E-state index in [0.29, 0.717) is 0 Å². The zero-order chi connectivity index (χ0) is 18.1. The van der Waals surface area contributed by atoms with Crippen LogP contribution in [0.5, 0.6) is 0 Å².